The zero-order valence-corrected chi connectivity index (χ0v) is 11.2. The number of nitrogens with two attached hydrogens (primary N) is 1. The van der Waals surface area contributed by atoms with Crippen LogP contribution in [-0.4, -0.2) is 11.4 Å². The molecule has 0 aromatic heterocycles. The van der Waals surface area contributed by atoms with E-state index in [1.165, 1.54) is 5.56 Å². The van der Waals surface area contributed by atoms with Gasteiger partial charge in [0.05, 0.1) is 11.6 Å². The summed E-state index contributed by atoms with van der Waals surface area (Å²) in [4.78, 5) is 12.2. The molecule has 3 heteroatoms. The lowest BCUT2D eigenvalue weighted by Crippen LogP contribution is -2.52. The Hall–Kier alpha value is -1.35. The maximum Gasteiger partial charge on any atom is 0.240 e. The third kappa shape index (κ3) is 2.72. The topological polar surface area (TPSA) is 55.1 Å². The second-order valence-electron chi connectivity index (χ2n) is 5.47. The van der Waals surface area contributed by atoms with E-state index in [2.05, 4.69) is 36.5 Å². The van der Waals surface area contributed by atoms with E-state index >= 15 is 0 Å². The number of rotatable bonds is 3. The Bertz CT molecular complexity index is 419. The van der Waals surface area contributed by atoms with Gasteiger partial charge in [-0.05, 0) is 32.3 Å². The van der Waals surface area contributed by atoms with Crippen LogP contribution >= 0.6 is 0 Å². The van der Waals surface area contributed by atoms with E-state index in [0.29, 0.717) is 0 Å². The van der Waals surface area contributed by atoms with Crippen molar-refractivity contribution in [3.63, 3.8) is 0 Å². The Morgan fingerprint density at radius 1 is 1.28 bits per heavy atom. The summed E-state index contributed by atoms with van der Waals surface area (Å²) in [6.45, 7) is 4.06. The average Bonchev–Trinajstić information content (AvgIpc) is 2.78. The minimum absolute atomic E-state index is 0.00641. The molecular weight excluding hydrogens is 224 g/mol. The van der Waals surface area contributed by atoms with Gasteiger partial charge >= 0.3 is 0 Å². The van der Waals surface area contributed by atoms with Crippen LogP contribution in [0.25, 0.3) is 0 Å². The Labute approximate surface area is 109 Å². The van der Waals surface area contributed by atoms with Crippen LogP contribution in [0.15, 0.2) is 24.3 Å². The number of carbonyl (C=O) groups excluding carboxylic acids is 1. The average molecular weight is 246 g/mol. The fraction of sp³-hybridized carbons (Fsp3) is 0.533. The highest BCUT2D eigenvalue weighted by molar-refractivity contribution is 5.86. The highest BCUT2D eigenvalue weighted by atomic mass is 16.2. The molecule has 1 saturated carbocycles. The van der Waals surface area contributed by atoms with Gasteiger partial charge in [0.15, 0.2) is 0 Å². The third-order valence-electron chi connectivity index (χ3n) is 3.87. The minimum atomic E-state index is -0.640. The van der Waals surface area contributed by atoms with E-state index in [-0.39, 0.29) is 11.9 Å². The van der Waals surface area contributed by atoms with Crippen molar-refractivity contribution in [1.29, 1.82) is 0 Å². The fourth-order valence-electron chi connectivity index (χ4n) is 2.51. The van der Waals surface area contributed by atoms with Crippen LogP contribution in [-0.2, 0) is 4.79 Å². The first-order chi connectivity index (χ1) is 8.51. The number of amides is 1. The highest BCUT2D eigenvalue weighted by Crippen LogP contribution is 2.28. The zero-order chi connectivity index (χ0) is 13.2. The van der Waals surface area contributed by atoms with Crippen LogP contribution in [0.2, 0.25) is 0 Å². The Morgan fingerprint density at radius 3 is 2.39 bits per heavy atom. The molecule has 1 aliphatic rings. The van der Waals surface area contributed by atoms with Crippen molar-refractivity contribution in [3.8, 4) is 0 Å². The number of benzene rings is 1. The molecule has 0 spiro atoms. The van der Waals surface area contributed by atoms with Gasteiger partial charge in [-0.3, -0.25) is 4.79 Å². The lowest BCUT2D eigenvalue weighted by Gasteiger charge is -2.25. The first-order valence-corrected chi connectivity index (χ1v) is 6.68. The molecular formula is C15H22N2O. The van der Waals surface area contributed by atoms with Gasteiger partial charge in [-0.1, -0.05) is 42.7 Å². The van der Waals surface area contributed by atoms with Gasteiger partial charge < -0.3 is 11.1 Å². The van der Waals surface area contributed by atoms with Crippen LogP contribution in [0.3, 0.4) is 0 Å². The molecule has 0 saturated heterocycles. The van der Waals surface area contributed by atoms with Gasteiger partial charge in [0.25, 0.3) is 0 Å². The van der Waals surface area contributed by atoms with Crippen molar-refractivity contribution in [2.75, 3.05) is 0 Å². The molecule has 1 fully saturated rings. The van der Waals surface area contributed by atoms with Crippen molar-refractivity contribution < 1.29 is 4.79 Å². The summed E-state index contributed by atoms with van der Waals surface area (Å²) in [5, 5.41) is 3.03. The molecule has 18 heavy (non-hydrogen) atoms. The minimum Gasteiger partial charge on any atom is -0.348 e. The van der Waals surface area contributed by atoms with Gasteiger partial charge in [-0.2, -0.15) is 0 Å². The lowest BCUT2D eigenvalue weighted by molar-refractivity contribution is -0.126. The van der Waals surface area contributed by atoms with Crippen LogP contribution in [0.4, 0.5) is 0 Å². The van der Waals surface area contributed by atoms with E-state index in [4.69, 9.17) is 5.73 Å². The molecule has 2 rings (SSSR count). The molecule has 0 heterocycles. The number of carbonyl (C=O) groups is 1. The van der Waals surface area contributed by atoms with Crippen LogP contribution in [0.1, 0.15) is 49.8 Å². The summed E-state index contributed by atoms with van der Waals surface area (Å²) in [5.41, 5.74) is 7.85. The fourth-order valence-corrected chi connectivity index (χ4v) is 2.51. The largest absolute Gasteiger partial charge is 0.348 e. The number of hydrogen-bond donors (Lipinski definition) is 2. The van der Waals surface area contributed by atoms with Gasteiger partial charge in [-0.25, -0.2) is 0 Å². The summed E-state index contributed by atoms with van der Waals surface area (Å²) < 4.78 is 0. The quantitative estimate of drug-likeness (QED) is 0.860. The SMILES string of the molecule is Cc1ccc(C(C)NC(=O)C2(N)CCCC2)cc1. The van der Waals surface area contributed by atoms with Gasteiger partial charge in [0, 0.05) is 0 Å². The highest BCUT2D eigenvalue weighted by Gasteiger charge is 2.37. The normalized spacial score (nSPS) is 19.5. The molecule has 1 atom stereocenters. The standard InChI is InChI=1S/C15H22N2O/c1-11-5-7-13(8-6-11)12(2)17-14(18)15(16)9-3-4-10-15/h5-8,12H,3-4,9-10,16H2,1-2H3,(H,17,18). The van der Waals surface area contributed by atoms with Crippen LogP contribution < -0.4 is 11.1 Å². The first kappa shape index (κ1) is 13.1. The van der Waals surface area contributed by atoms with Crippen molar-refractivity contribution >= 4 is 5.91 Å². The van der Waals surface area contributed by atoms with Crippen LogP contribution in [0, 0.1) is 6.92 Å². The summed E-state index contributed by atoms with van der Waals surface area (Å²) in [6.07, 6.45) is 3.73. The lowest BCUT2D eigenvalue weighted by atomic mass is 9.97. The third-order valence-corrected chi connectivity index (χ3v) is 3.87. The molecule has 3 nitrogen and oxygen atoms in total. The molecule has 3 N–H and O–H groups in total. The van der Waals surface area contributed by atoms with E-state index in [9.17, 15) is 4.79 Å². The summed E-state index contributed by atoms with van der Waals surface area (Å²) >= 11 is 0. The molecule has 1 amide bonds. The van der Waals surface area contributed by atoms with Gasteiger partial charge in [0.2, 0.25) is 5.91 Å². The van der Waals surface area contributed by atoms with Gasteiger partial charge in [-0.15, -0.1) is 0 Å². The maximum absolute atomic E-state index is 12.2. The number of hydrogen-bond acceptors (Lipinski definition) is 2. The number of aryl methyl sites for hydroxylation is 1. The zero-order valence-electron chi connectivity index (χ0n) is 11.2. The monoisotopic (exact) mass is 246 g/mol. The predicted molar refractivity (Wildman–Crippen MR) is 73.1 cm³/mol. The molecule has 0 radical (unpaired) electrons. The van der Waals surface area contributed by atoms with Crippen LogP contribution in [0.5, 0.6) is 0 Å². The second-order valence-corrected chi connectivity index (χ2v) is 5.47. The molecule has 1 aromatic rings. The summed E-state index contributed by atoms with van der Waals surface area (Å²) in [5.74, 6) is -0.00641. The summed E-state index contributed by atoms with van der Waals surface area (Å²) in [6, 6.07) is 8.24. The van der Waals surface area contributed by atoms with Crippen molar-refractivity contribution in [3.05, 3.63) is 35.4 Å². The second kappa shape index (κ2) is 5.11. The van der Waals surface area contributed by atoms with Crippen molar-refractivity contribution in [2.45, 2.75) is 51.1 Å². The summed E-state index contributed by atoms with van der Waals surface area (Å²) in [7, 11) is 0. The first-order valence-electron chi connectivity index (χ1n) is 6.68. The Kier molecular flexibility index (Phi) is 3.71. The molecule has 1 aromatic carbocycles. The van der Waals surface area contributed by atoms with E-state index in [0.717, 1.165) is 31.2 Å². The Balaban J connectivity index is 2.00. The smallest absolute Gasteiger partial charge is 0.240 e. The van der Waals surface area contributed by atoms with Gasteiger partial charge in [0.1, 0.15) is 0 Å². The molecule has 98 valence electrons. The molecule has 0 bridgehead atoms. The van der Waals surface area contributed by atoms with Crippen molar-refractivity contribution in [2.24, 2.45) is 5.73 Å². The van der Waals surface area contributed by atoms with E-state index in [1.807, 2.05) is 6.92 Å². The number of nitrogens with one attached hydrogen (secondary N) is 1. The molecule has 1 aliphatic carbocycles. The molecule has 1 unspecified atom stereocenters. The Morgan fingerprint density at radius 2 is 1.83 bits per heavy atom. The van der Waals surface area contributed by atoms with E-state index < -0.39 is 5.54 Å². The van der Waals surface area contributed by atoms with Crippen molar-refractivity contribution in [1.82, 2.24) is 5.32 Å². The van der Waals surface area contributed by atoms with E-state index in [1.54, 1.807) is 0 Å². The maximum atomic E-state index is 12.2. The molecule has 0 aliphatic heterocycles. The predicted octanol–water partition coefficient (Wildman–Crippen LogP) is 2.44.